The maximum atomic E-state index is 13.5. The molecule has 0 fully saturated rings. The van der Waals surface area contributed by atoms with Crippen LogP contribution in [0.5, 0.6) is 5.75 Å². The van der Waals surface area contributed by atoms with Crippen LogP contribution in [-0.4, -0.2) is 47.9 Å². The number of carboxylic acid groups (broad SMARTS) is 1. The molecule has 3 rings (SSSR count). The van der Waals surface area contributed by atoms with Crippen molar-refractivity contribution in [2.45, 2.75) is 66.2 Å². The summed E-state index contributed by atoms with van der Waals surface area (Å²) >= 11 is 0. The Morgan fingerprint density at radius 1 is 0.902 bits per heavy atom. The van der Waals surface area contributed by atoms with Crippen LogP contribution in [0.4, 0.5) is 16.2 Å². The van der Waals surface area contributed by atoms with E-state index >= 15 is 0 Å². The van der Waals surface area contributed by atoms with E-state index in [1.807, 2.05) is 57.2 Å². The number of ether oxygens (including phenoxy) is 2. The molecular formula is C32H39N3O6. The minimum absolute atomic E-state index is 0.0883. The lowest BCUT2D eigenvalue weighted by atomic mass is 10.0. The Kier molecular flexibility index (Phi) is 9.78. The maximum Gasteiger partial charge on any atom is 0.328 e. The highest BCUT2D eigenvalue weighted by Gasteiger charge is 2.31. The van der Waals surface area contributed by atoms with Crippen LogP contribution in [0.15, 0.2) is 54.6 Å². The number of nitrogens with one attached hydrogen (secondary N) is 3. The van der Waals surface area contributed by atoms with Crippen molar-refractivity contribution < 1.29 is 29.0 Å². The summed E-state index contributed by atoms with van der Waals surface area (Å²) in [5, 5.41) is 18.1. The molecule has 0 saturated carbocycles. The van der Waals surface area contributed by atoms with Crippen molar-refractivity contribution in [1.82, 2.24) is 5.32 Å². The molecule has 0 aliphatic carbocycles. The van der Waals surface area contributed by atoms with Gasteiger partial charge in [-0.25, -0.2) is 9.59 Å². The third-order valence-corrected chi connectivity index (χ3v) is 6.41. The smallest absolute Gasteiger partial charge is 0.328 e. The largest absolute Gasteiger partial charge is 0.496 e. The molecule has 0 aliphatic heterocycles. The second kappa shape index (κ2) is 12.9. The molecule has 4 N–H and O–H groups in total. The van der Waals surface area contributed by atoms with Gasteiger partial charge in [0.1, 0.15) is 5.75 Å². The van der Waals surface area contributed by atoms with Gasteiger partial charge >= 0.3 is 12.0 Å². The third-order valence-electron chi connectivity index (χ3n) is 6.41. The Morgan fingerprint density at radius 2 is 1.54 bits per heavy atom. The van der Waals surface area contributed by atoms with E-state index in [4.69, 9.17) is 9.47 Å². The van der Waals surface area contributed by atoms with Gasteiger partial charge in [0.25, 0.3) is 5.91 Å². The average molecular weight is 562 g/mol. The van der Waals surface area contributed by atoms with Crippen molar-refractivity contribution in [2.24, 2.45) is 0 Å². The predicted octanol–water partition coefficient (Wildman–Crippen LogP) is 6.32. The number of carbonyl (C=O) groups is 3. The molecule has 0 spiro atoms. The number of amides is 3. The minimum atomic E-state index is -1.32. The molecule has 3 aromatic carbocycles. The number of para-hydroxylation sites is 1. The van der Waals surface area contributed by atoms with Crippen molar-refractivity contribution in [2.75, 3.05) is 17.7 Å². The second-order valence-electron chi connectivity index (χ2n) is 11.0. The number of urea groups is 1. The van der Waals surface area contributed by atoms with E-state index in [1.54, 1.807) is 53.0 Å². The zero-order chi connectivity index (χ0) is 30.5. The van der Waals surface area contributed by atoms with Crippen molar-refractivity contribution in [3.05, 3.63) is 76.9 Å². The topological polar surface area (TPSA) is 126 Å². The lowest BCUT2D eigenvalue weighted by Gasteiger charge is -2.29. The zero-order valence-corrected chi connectivity index (χ0v) is 24.8. The van der Waals surface area contributed by atoms with Crippen molar-refractivity contribution in [3.63, 3.8) is 0 Å². The van der Waals surface area contributed by atoms with Crippen molar-refractivity contribution in [1.29, 1.82) is 0 Å². The first kappa shape index (κ1) is 31.2. The fourth-order valence-corrected chi connectivity index (χ4v) is 4.77. The molecule has 3 amide bonds. The van der Waals surface area contributed by atoms with E-state index in [2.05, 4.69) is 16.0 Å². The van der Waals surface area contributed by atoms with Gasteiger partial charge in [-0.05, 0) is 83.4 Å². The van der Waals surface area contributed by atoms with Crippen LogP contribution < -0.4 is 20.7 Å². The number of rotatable bonds is 9. The van der Waals surface area contributed by atoms with E-state index in [0.29, 0.717) is 17.0 Å². The highest BCUT2D eigenvalue weighted by Crippen LogP contribution is 2.33. The van der Waals surface area contributed by atoms with E-state index in [0.717, 1.165) is 22.3 Å². The molecule has 0 heterocycles. The van der Waals surface area contributed by atoms with Crippen LogP contribution in [0.2, 0.25) is 0 Å². The molecule has 0 radical (unpaired) electrons. The Hall–Kier alpha value is -4.37. The van der Waals surface area contributed by atoms with Gasteiger partial charge in [-0.1, -0.05) is 42.0 Å². The number of anilines is 2. The summed E-state index contributed by atoms with van der Waals surface area (Å²) in [6.45, 7) is 12.8. The molecule has 0 aliphatic rings. The number of aryl methyl sites for hydroxylation is 3. The van der Waals surface area contributed by atoms with E-state index < -0.39 is 35.7 Å². The van der Waals surface area contributed by atoms with Gasteiger partial charge in [0.15, 0.2) is 6.04 Å². The average Bonchev–Trinajstić information content (AvgIpc) is 2.87. The SMILES string of the molecule is COc1ccccc1-c1ccc(C(=O)N[C@H](C(=O)O)[C@@H](C)OC(C)(C)C)c(NC(=O)Nc2c(C)cc(C)cc2C)c1. The predicted molar refractivity (Wildman–Crippen MR) is 161 cm³/mol. The van der Waals surface area contributed by atoms with Crippen LogP contribution in [0.25, 0.3) is 11.1 Å². The maximum absolute atomic E-state index is 13.5. The van der Waals surface area contributed by atoms with Gasteiger partial charge in [-0.15, -0.1) is 0 Å². The highest BCUT2D eigenvalue weighted by atomic mass is 16.5. The van der Waals surface area contributed by atoms with Crippen molar-refractivity contribution >= 4 is 29.3 Å². The normalized spacial score (nSPS) is 12.7. The number of hydrogen-bond donors (Lipinski definition) is 4. The van der Waals surface area contributed by atoms with Gasteiger partial charge in [-0.3, -0.25) is 4.79 Å². The first-order valence-electron chi connectivity index (χ1n) is 13.3. The summed E-state index contributed by atoms with van der Waals surface area (Å²) in [5.74, 6) is -1.30. The molecule has 0 aromatic heterocycles. The Balaban J connectivity index is 2.00. The number of carbonyl (C=O) groups excluding carboxylic acids is 2. The zero-order valence-electron chi connectivity index (χ0n) is 24.8. The van der Waals surface area contributed by atoms with Gasteiger partial charge in [0, 0.05) is 11.3 Å². The van der Waals surface area contributed by atoms with Crippen LogP contribution in [0.1, 0.15) is 54.7 Å². The molecule has 0 bridgehead atoms. The van der Waals surface area contributed by atoms with Crippen LogP contribution in [-0.2, 0) is 9.53 Å². The molecule has 218 valence electrons. The molecule has 0 saturated heterocycles. The van der Waals surface area contributed by atoms with E-state index in [-0.39, 0.29) is 11.3 Å². The molecule has 3 aromatic rings. The Bertz CT molecular complexity index is 1420. The molecule has 0 unspecified atom stereocenters. The van der Waals surface area contributed by atoms with E-state index in [1.165, 1.54) is 0 Å². The lowest BCUT2D eigenvalue weighted by molar-refractivity contribution is -0.146. The molecule has 2 atom stereocenters. The molecule has 9 nitrogen and oxygen atoms in total. The Morgan fingerprint density at radius 3 is 2.12 bits per heavy atom. The summed E-state index contributed by atoms with van der Waals surface area (Å²) in [5.41, 5.74) is 4.65. The standard InChI is InChI=1S/C32H39N3O6/c1-18-15-19(2)27(20(3)16-18)35-31(39)33-25-17-22(23-11-9-10-12-26(23)40-8)13-14-24(25)29(36)34-28(30(37)38)21(4)41-32(5,6)7/h9-17,21,28H,1-8H3,(H,34,36)(H,37,38)(H2,33,35,39)/t21-,28+/m1/s1. The van der Waals surface area contributed by atoms with Gasteiger partial charge in [-0.2, -0.15) is 0 Å². The molecular weight excluding hydrogens is 522 g/mol. The second-order valence-corrected chi connectivity index (χ2v) is 11.0. The number of aliphatic carboxylic acids is 1. The monoisotopic (exact) mass is 561 g/mol. The minimum Gasteiger partial charge on any atom is -0.496 e. The first-order valence-corrected chi connectivity index (χ1v) is 13.3. The lowest BCUT2D eigenvalue weighted by Crippen LogP contribution is -2.50. The van der Waals surface area contributed by atoms with Gasteiger partial charge < -0.3 is 30.5 Å². The van der Waals surface area contributed by atoms with Gasteiger partial charge in [0.05, 0.1) is 30.1 Å². The van der Waals surface area contributed by atoms with Crippen LogP contribution >= 0.6 is 0 Å². The third kappa shape index (κ3) is 8.08. The van der Waals surface area contributed by atoms with Gasteiger partial charge in [0.2, 0.25) is 0 Å². The summed E-state index contributed by atoms with van der Waals surface area (Å²) in [6.07, 6.45) is -0.823. The summed E-state index contributed by atoms with van der Waals surface area (Å²) in [4.78, 5) is 38.8. The van der Waals surface area contributed by atoms with Crippen LogP contribution in [0, 0.1) is 20.8 Å². The number of benzene rings is 3. The quantitative estimate of drug-likeness (QED) is 0.242. The van der Waals surface area contributed by atoms with E-state index in [9.17, 15) is 19.5 Å². The highest BCUT2D eigenvalue weighted by molar-refractivity contribution is 6.08. The fraction of sp³-hybridized carbons (Fsp3) is 0.344. The summed E-state index contributed by atoms with van der Waals surface area (Å²) in [6, 6.07) is 14.4. The number of hydrogen-bond acceptors (Lipinski definition) is 5. The Labute approximate surface area is 241 Å². The first-order chi connectivity index (χ1) is 19.2. The number of carboxylic acids is 1. The summed E-state index contributed by atoms with van der Waals surface area (Å²) in [7, 11) is 1.56. The molecule has 41 heavy (non-hydrogen) atoms. The van der Waals surface area contributed by atoms with Crippen LogP contribution in [0.3, 0.4) is 0 Å². The fourth-order valence-electron chi connectivity index (χ4n) is 4.77. The summed E-state index contributed by atoms with van der Waals surface area (Å²) < 4.78 is 11.3. The molecule has 9 heteroatoms. The number of methoxy groups -OCH3 is 1. The van der Waals surface area contributed by atoms with Crippen molar-refractivity contribution in [3.8, 4) is 16.9 Å².